The number of carbonyl (C=O) groups excluding carboxylic acids is 1. The van der Waals surface area contributed by atoms with E-state index in [0.29, 0.717) is 5.69 Å². The van der Waals surface area contributed by atoms with Crippen molar-refractivity contribution in [2.24, 2.45) is 0 Å². The number of benzene rings is 1. The SMILES string of the molecule is O=C(NC[C@H](O)c1ccccc1F)c1cc(-n2cccn2)ccn1. The zero-order valence-electron chi connectivity index (χ0n) is 12.6. The predicted octanol–water partition coefficient (Wildman–Crippen LogP) is 1.87. The van der Waals surface area contributed by atoms with E-state index in [1.807, 2.05) is 0 Å². The molecule has 1 atom stereocenters. The summed E-state index contributed by atoms with van der Waals surface area (Å²) in [4.78, 5) is 16.2. The molecule has 0 radical (unpaired) electrons. The molecule has 0 aliphatic rings. The molecule has 0 unspecified atom stereocenters. The van der Waals surface area contributed by atoms with Crippen LogP contribution in [0.5, 0.6) is 0 Å². The van der Waals surface area contributed by atoms with Crippen molar-refractivity contribution in [2.45, 2.75) is 6.10 Å². The summed E-state index contributed by atoms with van der Waals surface area (Å²) in [6.45, 7) is -0.118. The number of aliphatic hydroxyl groups excluding tert-OH is 1. The first kappa shape index (κ1) is 15.8. The van der Waals surface area contributed by atoms with Crippen molar-refractivity contribution in [1.82, 2.24) is 20.1 Å². The molecule has 0 spiro atoms. The third-order valence-corrected chi connectivity index (χ3v) is 3.47. The Labute approximate surface area is 137 Å². The minimum atomic E-state index is -1.13. The zero-order valence-corrected chi connectivity index (χ0v) is 12.6. The van der Waals surface area contributed by atoms with Gasteiger partial charge in [-0.2, -0.15) is 5.10 Å². The standard InChI is InChI=1S/C17H15FN4O2/c18-14-5-2-1-4-13(14)16(23)11-20-17(24)15-10-12(6-8-19-15)22-9-3-7-21-22/h1-10,16,23H,11H2,(H,20,24)/t16-/m0/s1. The third kappa shape index (κ3) is 3.47. The van der Waals surface area contributed by atoms with Gasteiger partial charge in [0.1, 0.15) is 11.5 Å². The van der Waals surface area contributed by atoms with E-state index in [2.05, 4.69) is 15.4 Å². The summed E-state index contributed by atoms with van der Waals surface area (Å²) in [5, 5.41) is 16.6. The number of carbonyl (C=O) groups is 1. The topological polar surface area (TPSA) is 80.0 Å². The van der Waals surface area contributed by atoms with Crippen molar-refractivity contribution in [3.05, 3.63) is 78.1 Å². The Morgan fingerprint density at radius 1 is 1.25 bits per heavy atom. The Balaban J connectivity index is 1.67. The van der Waals surface area contributed by atoms with Gasteiger partial charge in [0.2, 0.25) is 0 Å². The normalized spacial score (nSPS) is 11.9. The first-order valence-corrected chi connectivity index (χ1v) is 7.32. The number of amides is 1. The second-order valence-electron chi connectivity index (χ2n) is 5.10. The van der Waals surface area contributed by atoms with Gasteiger partial charge in [-0.1, -0.05) is 18.2 Å². The molecule has 3 aromatic rings. The van der Waals surface area contributed by atoms with Crippen LogP contribution in [0.1, 0.15) is 22.2 Å². The van der Waals surface area contributed by atoms with E-state index in [9.17, 15) is 14.3 Å². The summed E-state index contributed by atoms with van der Waals surface area (Å²) < 4.78 is 15.2. The molecular formula is C17H15FN4O2. The Morgan fingerprint density at radius 2 is 2.08 bits per heavy atom. The highest BCUT2D eigenvalue weighted by molar-refractivity contribution is 5.92. The summed E-state index contributed by atoms with van der Waals surface area (Å²) in [5.74, 6) is -0.975. The number of rotatable bonds is 5. The summed E-state index contributed by atoms with van der Waals surface area (Å²) >= 11 is 0. The molecular weight excluding hydrogens is 311 g/mol. The van der Waals surface area contributed by atoms with Gasteiger partial charge in [0.15, 0.2) is 0 Å². The minimum Gasteiger partial charge on any atom is -0.386 e. The largest absolute Gasteiger partial charge is 0.386 e. The van der Waals surface area contributed by atoms with Gasteiger partial charge < -0.3 is 10.4 Å². The molecule has 1 aromatic carbocycles. The van der Waals surface area contributed by atoms with Crippen LogP contribution in [0.4, 0.5) is 4.39 Å². The maximum absolute atomic E-state index is 13.6. The molecule has 0 aliphatic heterocycles. The molecule has 2 heterocycles. The third-order valence-electron chi connectivity index (χ3n) is 3.47. The number of pyridine rings is 1. The molecule has 122 valence electrons. The van der Waals surface area contributed by atoms with E-state index >= 15 is 0 Å². The number of hydrogen-bond acceptors (Lipinski definition) is 4. The maximum Gasteiger partial charge on any atom is 0.270 e. The lowest BCUT2D eigenvalue weighted by Crippen LogP contribution is -2.29. The second-order valence-corrected chi connectivity index (χ2v) is 5.10. The first-order chi connectivity index (χ1) is 11.6. The molecule has 6 nitrogen and oxygen atoms in total. The van der Waals surface area contributed by atoms with Crippen LogP contribution >= 0.6 is 0 Å². The van der Waals surface area contributed by atoms with Crippen molar-refractivity contribution in [3.8, 4) is 5.69 Å². The molecule has 0 saturated heterocycles. The van der Waals surface area contributed by atoms with Gasteiger partial charge in [-0.3, -0.25) is 9.78 Å². The quantitative estimate of drug-likeness (QED) is 0.750. The number of nitrogens with zero attached hydrogens (tertiary/aromatic N) is 3. The lowest BCUT2D eigenvalue weighted by Gasteiger charge is -2.13. The molecule has 7 heteroatoms. The Hall–Kier alpha value is -3.06. The highest BCUT2D eigenvalue weighted by atomic mass is 19.1. The van der Waals surface area contributed by atoms with Crippen LogP contribution in [0.15, 0.2) is 61.1 Å². The summed E-state index contributed by atoms with van der Waals surface area (Å²) in [6, 6.07) is 11.0. The average Bonchev–Trinajstić information content (AvgIpc) is 3.14. The van der Waals surface area contributed by atoms with E-state index in [4.69, 9.17) is 0 Å². The number of aliphatic hydroxyl groups is 1. The van der Waals surface area contributed by atoms with Crippen molar-refractivity contribution < 1.29 is 14.3 Å². The number of hydrogen-bond donors (Lipinski definition) is 2. The minimum absolute atomic E-state index is 0.118. The molecule has 0 bridgehead atoms. The van der Waals surface area contributed by atoms with Gasteiger partial charge in [0.25, 0.3) is 5.91 Å². The Morgan fingerprint density at radius 3 is 2.83 bits per heavy atom. The van der Waals surface area contributed by atoms with E-state index in [1.165, 1.54) is 24.4 Å². The molecule has 24 heavy (non-hydrogen) atoms. The highest BCUT2D eigenvalue weighted by Crippen LogP contribution is 2.15. The van der Waals surface area contributed by atoms with E-state index < -0.39 is 17.8 Å². The fourth-order valence-electron chi connectivity index (χ4n) is 2.24. The molecule has 2 N–H and O–H groups in total. The maximum atomic E-state index is 13.6. The Kier molecular flexibility index (Phi) is 4.62. The van der Waals surface area contributed by atoms with Gasteiger partial charge in [0.05, 0.1) is 11.8 Å². The molecule has 1 amide bonds. The molecule has 3 rings (SSSR count). The summed E-state index contributed by atoms with van der Waals surface area (Å²) in [5.41, 5.74) is 1.01. The van der Waals surface area contributed by atoms with Gasteiger partial charge >= 0.3 is 0 Å². The molecule has 0 fully saturated rings. The van der Waals surface area contributed by atoms with Crippen molar-refractivity contribution in [3.63, 3.8) is 0 Å². The van der Waals surface area contributed by atoms with Gasteiger partial charge in [-0.05, 0) is 24.3 Å². The van der Waals surface area contributed by atoms with E-state index in [1.54, 1.807) is 41.3 Å². The monoisotopic (exact) mass is 326 g/mol. The van der Waals surface area contributed by atoms with Gasteiger partial charge in [0, 0.05) is 30.7 Å². The fraction of sp³-hybridized carbons (Fsp3) is 0.118. The van der Waals surface area contributed by atoms with Crippen LogP contribution in [-0.2, 0) is 0 Å². The lowest BCUT2D eigenvalue weighted by molar-refractivity contribution is 0.0909. The van der Waals surface area contributed by atoms with Crippen LogP contribution in [-0.4, -0.2) is 32.3 Å². The van der Waals surface area contributed by atoms with Gasteiger partial charge in [-0.25, -0.2) is 9.07 Å². The van der Waals surface area contributed by atoms with Crippen molar-refractivity contribution in [2.75, 3.05) is 6.54 Å². The number of halogens is 1. The smallest absolute Gasteiger partial charge is 0.270 e. The second kappa shape index (κ2) is 7.01. The Bertz CT molecular complexity index is 836. The van der Waals surface area contributed by atoms with Crippen molar-refractivity contribution >= 4 is 5.91 Å². The van der Waals surface area contributed by atoms with Crippen LogP contribution in [0, 0.1) is 5.82 Å². The summed E-state index contributed by atoms with van der Waals surface area (Å²) in [7, 11) is 0. The zero-order chi connectivity index (χ0) is 16.9. The molecule has 0 saturated carbocycles. The fourth-order valence-corrected chi connectivity index (χ4v) is 2.24. The van der Waals surface area contributed by atoms with Crippen LogP contribution < -0.4 is 5.32 Å². The van der Waals surface area contributed by atoms with Crippen molar-refractivity contribution in [1.29, 1.82) is 0 Å². The summed E-state index contributed by atoms with van der Waals surface area (Å²) in [6.07, 6.45) is 3.74. The number of nitrogens with one attached hydrogen (secondary N) is 1. The van der Waals surface area contributed by atoms with Gasteiger partial charge in [-0.15, -0.1) is 0 Å². The predicted molar refractivity (Wildman–Crippen MR) is 85.1 cm³/mol. The van der Waals surface area contributed by atoms with E-state index in [-0.39, 0.29) is 17.8 Å². The number of aromatic nitrogens is 3. The molecule has 0 aliphatic carbocycles. The van der Waals surface area contributed by atoms with Crippen LogP contribution in [0.25, 0.3) is 5.69 Å². The highest BCUT2D eigenvalue weighted by Gasteiger charge is 2.15. The van der Waals surface area contributed by atoms with E-state index in [0.717, 1.165) is 0 Å². The molecule has 2 aromatic heterocycles. The van der Waals surface area contributed by atoms with Crippen LogP contribution in [0.3, 0.4) is 0 Å². The average molecular weight is 326 g/mol. The first-order valence-electron chi connectivity index (χ1n) is 7.32. The van der Waals surface area contributed by atoms with Crippen LogP contribution in [0.2, 0.25) is 0 Å². The lowest BCUT2D eigenvalue weighted by atomic mass is 10.1.